The Hall–Kier alpha value is -3.79. The second-order valence-corrected chi connectivity index (χ2v) is 8.48. The summed E-state index contributed by atoms with van der Waals surface area (Å²) in [6, 6.07) is 3.96. The molecule has 3 heterocycles. The zero-order chi connectivity index (χ0) is 27.8. The summed E-state index contributed by atoms with van der Waals surface area (Å²) in [5, 5.41) is 19.2. The van der Waals surface area contributed by atoms with E-state index in [1.807, 2.05) is 0 Å². The number of carbonyl (C=O) groups excluding carboxylic acids is 1. The second kappa shape index (κ2) is 10.2. The van der Waals surface area contributed by atoms with Crippen LogP contribution in [0.25, 0.3) is 16.9 Å². The van der Waals surface area contributed by atoms with E-state index in [-0.39, 0.29) is 29.3 Å². The van der Waals surface area contributed by atoms with E-state index in [0.29, 0.717) is 0 Å². The molecule has 3 aromatic rings. The van der Waals surface area contributed by atoms with Crippen LogP contribution >= 0.6 is 0 Å². The van der Waals surface area contributed by atoms with Crippen molar-refractivity contribution in [2.75, 3.05) is 18.5 Å². The highest BCUT2D eigenvalue weighted by molar-refractivity contribution is 5.93. The normalized spacial score (nSPS) is 20.0. The molecule has 16 heteroatoms. The Morgan fingerprint density at radius 3 is 2.42 bits per heavy atom. The molecule has 1 saturated heterocycles. The number of anilines is 1. The molecule has 1 fully saturated rings. The first-order valence-electron chi connectivity index (χ1n) is 10.9. The molecule has 0 spiro atoms. The van der Waals surface area contributed by atoms with Crippen molar-refractivity contribution in [1.82, 2.24) is 25.1 Å². The Kier molecular flexibility index (Phi) is 7.29. The smallest absolute Gasteiger partial charge is 0.451 e. The van der Waals surface area contributed by atoms with Crippen molar-refractivity contribution in [1.29, 1.82) is 0 Å². The summed E-state index contributed by atoms with van der Waals surface area (Å²) in [6.07, 6.45) is -8.85. The molecule has 1 amide bonds. The van der Waals surface area contributed by atoms with Gasteiger partial charge in [0.05, 0.1) is 24.0 Å². The number of hydrogen-bond donors (Lipinski definition) is 3. The third kappa shape index (κ3) is 6.19. The number of halogens is 7. The number of ether oxygens (including phenoxy) is 1. The average molecular weight is 548 g/mol. The van der Waals surface area contributed by atoms with Gasteiger partial charge in [0.25, 0.3) is 0 Å². The lowest BCUT2D eigenvalue weighted by Gasteiger charge is -2.14. The highest BCUT2D eigenvalue weighted by atomic mass is 19.4. The van der Waals surface area contributed by atoms with E-state index in [4.69, 9.17) is 0 Å². The molecule has 0 bridgehead atoms. The maximum Gasteiger partial charge on any atom is 0.451 e. The first kappa shape index (κ1) is 27.3. The number of carbonyl (C=O) groups is 1. The maximum atomic E-state index is 14.3. The number of hydrogen-bond acceptors (Lipinski definition) is 7. The van der Waals surface area contributed by atoms with Gasteiger partial charge in [0.1, 0.15) is 23.5 Å². The number of alkyl halides is 6. The topological polar surface area (TPSA) is 114 Å². The van der Waals surface area contributed by atoms with Gasteiger partial charge in [0.15, 0.2) is 12.4 Å². The summed E-state index contributed by atoms with van der Waals surface area (Å²) in [6.45, 7) is 0.120. The van der Waals surface area contributed by atoms with Gasteiger partial charge in [-0.3, -0.25) is 10.1 Å². The van der Waals surface area contributed by atoms with E-state index in [1.54, 1.807) is 6.92 Å². The third-order valence-corrected chi connectivity index (χ3v) is 5.68. The average Bonchev–Trinajstić information content (AvgIpc) is 3.39. The third-order valence-electron chi connectivity index (χ3n) is 5.68. The Balaban J connectivity index is 1.73. The number of benzene rings is 1. The summed E-state index contributed by atoms with van der Waals surface area (Å²) in [5.74, 6) is -4.62. The highest BCUT2D eigenvalue weighted by Gasteiger charge is 2.37. The molecule has 38 heavy (non-hydrogen) atoms. The van der Waals surface area contributed by atoms with Crippen molar-refractivity contribution >= 4 is 11.7 Å². The molecule has 2 aromatic heterocycles. The molecular formula is C22H19F7N6O3. The number of nitrogens with one attached hydrogen (secondary N) is 2. The van der Waals surface area contributed by atoms with Gasteiger partial charge in [0.2, 0.25) is 11.7 Å². The van der Waals surface area contributed by atoms with E-state index >= 15 is 0 Å². The number of amides is 1. The lowest BCUT2D eigenvalue weighted by atomic mass is 9.96. The predicted molar refractivity (Wildman–Crippen MR) is 116 cm³/mol. The first-order valence-corrected chi connectivity index (χ1v) is 10.9. The van der Waals surface area contributed by atoms with Crippen LogP contribution in [-0.2, 0) is 11.0 Å². The number of nitrogens with zero attached hydrogens (tertiary/aromatic N) is 4. The lowest BCUT2D eigenvalue weighted by Crippen LogP contribution is -2.29. The van der Waals surface area contributed by atoms with Crippen LogP contribution in [-0.4, -0.2) is 56.3 Å². The fourth-order valence-electron chi connectivity index (χ4n) is 3.77. The molecule has 1 unspecified atom stereocenters. The van der Waals surface area contributed by atoms with Crippen LogP contribution in [0, 0.1) is 17.7 Å². The monoisotopic (exact) mass is 548 g/mol. The van der Waals surface area contributed by atoms with Crippen LogP contribution in [0.15, 0.2) is 36.7 Å². The molecule has 1 aromatic carbocycles. The summed E-state index contributed by atoms with van der Waals surface area (Å²) < 4.78 is 96.4. The fourth-order valence-corrected chi connectivity index (χ4v) is 3.77. The summed E-state index contributed by atoms with van der Waals surface area (Å²) in [4.78, 5) is 19.3. The van der Waals surface area contributed by atoms with Gasteiger partial charge in [0, 0.05) is 30.2 Å². The van der Waals surface area contributed by atoms with Gasteiger partial charge in [-0.2, -0.15) is 26.3 Å². The Morgan fingerprint density at radius 2 is 1.84 bits per heavy atom. The van der Waals surface area contributed by atoms with E-state index in [1.165, 1.54) is 6.07 Å². The van der Waals surface area contributed by atoms with E-state index < -0.39 is 60.3 Å². The number of aliphatic hydroxyl groups excluding tert-OH is 1. The van der Waals surface area contributed by atoms with Crippen LogP contribution in [0.1, 0.15) is 12.7 Å². The quantitative estimate of drug-likeness (QED) is 0.404. The summed E-state index contributed by atoms with van der Waals surface area (Å²) in [5.41, 5.74) is -0.221. The van der Waals surface area contributed by atoms with Crippen LogP contribution in [0.3, 0.4) is 0 Å². The van der Waals surface area contributed by atoms with Crippen molar-refractivity contribution in [2.45, 2.75) is 25.5 Å². The SMILES string of the molecule is C[C@H]1C(O)NC[C@@H]1C(=O)Nc1cc(-c2cc(F)cc(OCC(F)(F)F)c2)n(-c2cnc(C(F)(F)F)nc2)n1. The fraction of sp³-hybridized carbons (Fsp3) is 0.364. The van der Waals surface area contributed by atoms with Gasteiger partial charge >= 0.3 is 12.4 Å². The standard InChI is InChI=1S/C22H19F7N6O3/c1-10-15(8-30-18(10)36)19(37)33-17-5-16(11-2-12(23)4-14(3-11)38-9-21(24,25)26)35(34-17)13-6-31-20(32-7-13)22(27,28)29/h2-7,10,15,18,30,36H,8-9H2,1H3,(H,33,34,37)/t10-,15+,18?/m1/s1. The molecule has 4 rings (SSSR count). The maximum absolute atomic E-state index is 14.3. The Morgan fingerprint density at radius 1 is 1.16 bits per heavy atom. The van der Waals surface area contributed by atoms with E-state index in [2.05, 4.69) is 30.4 Å². The summed E-state index contributed by atoms with van der Waals surface area (Å²) >= 11 is 0. The first-order chi connectivity index (χ1) is 17.7. The molecule has 1 aliphatic heterocycles. The van der Waals surface area contributed by atoms with Crippen LogP contribution < -0.4 is 15.4 Å². The van der Waals surface area contributed by atoms with Crippen LogP contribution in [0.5, 0.6) is 5.75 Å². The largest absolute Gasteiger partial charge is 0.484 e. The molecular weight excluding hydrogens is 529 g/mol. The number of rotatable bonds is 6. The zero-order valence-electron chi connectivity index (χ0n) is 19.3. The van der Waals surface area contributed by atoms with Gasteiger partial charge < -0.3 is 15.2 Å². The van der Waals surface area contributed by atoms with Crippen LogP contribution in [0.4, 0.5) is 36.6 Å². The molecule has 3 atom stereocenters. The minimum atomic E-state index is -4.82. The minimum Gasteiger partial charge on any atom is -0.484 e. The van der Waals surface area contributed by atoms with E-state index in [0.717, 1.165) is 35.3 Å². The Bertz CT molecular complexity index is 1310. The van der Waals surface area contributed by atoms with Gasteiger partial charge in [-0.05, 0) is 12.1 Å². The molecule has 3 N–H and O–H groups in total. The summed E-state index contributed by atoms with van der Waals surface area (Å²) in [7, 11) is 0. The molecule has 0 radical (unpaired) electrons. The van der Waals surface area contributed by atoms with Crippen molar-refractivity contribution in [3.63, 3.8) is 0 Å². The van der Waals surface area contributed by atoms with Crippen molar-refractivity contribution < 1.29 is 45.4 Å². The number of aliphatic hydroxyl groups is 1. The predicted octanol–water partition coefficient (Wildman–Crippen LogP) is 3.54. The zero-order valence-corrected chi connectivity index (χ0v) is 19.3. The second-order valence-electron chi connectivity index (χ2n) is 8.48. The molecule has 0 aliphatic carbocycles. The minimum absolute atomic E-state index is 0.0300. The van der Waals surface area contributed by atoms with Crippen molar-refractivity contribution in [3.05, 3.63) is 48.3 Å². The molecule has 1 aliphatic rings. The van der Waals surface area contributed by atoms with Gasteiger partial charge in [-0.15, -0.1) is 5.10 Å². The Labute approximate surface area is 209 Å². The van der Waals surface area contributed by atoms with Crippen molar-refractivity contribution in [2.24, 2.45) is 11.8 Å². The molecule has 9 nitrogen and oxygen atoms in total. The van der Waals surface area contributed by atoms with E-state index in [9.17, 15) is 40.6 Å². The molecule has 204 valence electrons. The lowest BCUT2D eigenvalue weighted by molar-refractivity contribution is -0.153. The molecule has 0 saturated carbocycles. The van der Waals surface area contributed by atoms with Crippen molar-refractivity contribution in [3.8, 4) is 22.7 Å². The van der Waals surface area contributed by atoms with Crippen LogP contribution in [0.2, 0.25) is 0 Å². The van der Waals surface area contributed by atoms with Gasteiger partial charge in [-0.1, -0.05) is 6.92 Å². The number of aromatic nitrogens is 4. The van der Waals surface area contributed by atoms with Gasteiger partial charge in [-0.25, -0.2) is 19.0 Å². The highest BCUT2D eigenvalue weighted by Crippen LogP contribution is 2.32.